The first kappa shape index (κ1) is 23.0. The van der Waals surface area contributed by atoms with Crippen LogP contribution in [0.4, 0.5) is 5.82 Å². The first-order valence-electron chi connectivity index (χ1n) is 12.4. The number of anilines is 1. The Morgan fingerprint density at radius 3 is 2.29 bits per heavy atom. The normalized spacial score (nSPS) is 15.0. The van der Waals surface area contributed by atoms with Crippen LogP contribution in [0.5, 0.6) is 0 Å². The minimum Gasteiger partial charge on any atom is -0.352 e. The summed E-state index contributed by atoms with van der Waals surface area (Å²) in [4.78, 5) is 27.2. The van der Waals surface area contributed by atoms with E-state index in [-0.39, 0.29) is 11.8 Å². The highest BCUT2D eigenvalue weighted by molar-refractivity contribution is 5.95. The molecule has 5 rings (SSSR count). The van der Waals surface area contributed by atoms with Crippen LogP contribution in [0.3, 0.4) is 0 Å². The monoisotopic (exact) mass is 468 g/mol. The minimum absolute atomic E-state index is 0.0850. The van der Waals surface area contributed by atoms with Crippen LogP contribution in [-0.2, 0) is 0 Å². The fourth-order valence-corrected chi connectivity index (χ4v) is 4.56. The van der Waals surface area contributed by atoms with Crippen molar-refractivity contribution >= 4 is 22.8 Å². The van der Waals surface area contributed by atoms with Gasteiger partial charge in [-0.15, -0.1) is 0 Å². The molecule has 1 aliphatic rings. The third-order valence-electron chi connectivity index (χ3n) is 6.92. The molecule has 2 aromatic heterocycles. The SMILES string of the molecule is CCC(C)c1nc(N2CCN(C(=O)c3ccccc3)CC2)c2c(C)nn(-c3ccc(C)cc3)c2n1. The number of amides is 1. The van der Waals surface area contributed by atoms with Gasteiger partial charge in [0.25, 0.3) is 5.91 Å². The summed E-state index contributed by atoms with van der Waals surface area (Å²) in [5.74, 6) is 2.08. The number of hydrogen-bond donors (Lipinski definition) is 0. The predicted octanol–water partition coefficient (Wildman–Crippen LogP) is 4.91. The maximum Gasteiger partial charge on any atom is 0.253 e. The lowest BCUT2D eigenvalue weighted by Crippen LogP contribution is -2.49. The van der Waals surface area contributed by atoms with E-state index < -0.39 is 0 Å². The van der Waals surface area contributed by atoms with Crippen molar-refractivity contribution in [1.29, 1.82) is 0 Å². The molecule has 7 heteroatoms. The minimum atomic E-state index is 0.0850. The number of carbonyl (C=O) groups excluding carboxylic acids is 1. The molecule has 1 fully saturated rings. The van der Waals surface area contributed by atoms with Gasteiger partial charge in [-0.05, 0) is 44.5 Å². The number of carbonyl (C=O) groups is 1. The highest BCUT2D eigenvalue weighted by Gasteiger charge is 2.27. The molecule has 4 aromatic rings. The maximum atomic E-state index is 12.9. The highest BCUT2D eigenvalue weighted by Crippen LogP contribution is 2.32. The Balaban J connectivity index is 1.51. The van der Waals surface area contributed by atoms with E-state index in [0.29, 0.717) is 13.1 Å². The summed E-state index contributed by atoms with van der Waals surface area (Å²) in [7, 11) is 0. The molecule has 0 radical (unpaired) electrons. The summed E-state index contributed by atoms with van der Waals surface area (Å²) < 4.78 is 1.94. The van der Waals surface area contributed by atoms with Gasteiger partial charge in [-0.25, -0.2) is 14.6 Å². The van der Waals surface area contributed by atoms with Gasteiger partial charge in [-0.1, -0.05) is 49.7 Å². The first-order chi connectivity index (χ1) is 17.0. The van der Waals surface area contributed by atoms with E-state index in [2.05, 4.69) is 49.9 Å². The number of piperazine rings is 1. The van der Waals surface area contributed by atoms with E-state index in [1.165, 1.54) is 5.56 Å². The lowest BCUT2D eigenvalue weighted by Gasteiger charge is -2.36. The molecular weight excluding hydrogens is 436 g/mol. The zero-order chi connectivity index (χ0) is 24.5. The molecule has 180 valence electrons. The van der Waals surface area contributed by atoms with Crippen molar-refractivity contribution in [1.82, 2.24) is 24.6 Å². The third-order valence-corrected chi connectivity index (χ3v) is 6.92. The van der Waals surface area contributed by atoms with E-state index in [4.69, 9.17) is 15.1 Å². The van der Waals surface area contributed by atoms with E-state index in [9.17, 15) is 4.79 Å². The Hall–Kier alpha value is -3.74. The Kier molecular flexibility index (Phi) is 6.24. The Labute approximate surface area is 206 Å². The van der Waals surface area contributed by atoms with Crippen molar-refractivity contribution in [3.05, 3.63) is 77.2 Å². The lowest BCUT2D eigenvalue weighted by atomic mass is 10.1. The van der Waals surface area contributed by atoms with Crippen LogP contribution in [0.1, 0.15) is 53.6 Å². The fourth-order valence-electron chi connectivity index (χ4n) is 4.56. The summed E-state index contributed by atoms with van der Waals surface area (Å²) in [5.41, 5.74) is 4.69. The van der Waals surface area contributed by atoms with Crippen molar-refractivity contribution in [3.8, 4) is 5.69 Å². The first-order valence-corrected chi connectivity index (χ1v) is 12.4. The molecule has 1 unspecified atom stereocenters. The largest absolute Gasteiger partial charge is 0.352 e. The van der Waals surface area contributed by atoms with E-state index in [1.807, 2.05) is 46.8 Å². The molecule has 0 saturated carbocycles. The van der Waals surface area contributed by atoms with Crippen LogP contribution in [0.15, 0.2) is 54.6 Å². The summed E-state index contributed by atoms with van der Waals surface area (Å²) in [6.45, 7) is 11.2. The maximum absolute atomic E-state index is 12.9. The lowest BCUT2D eigenvalue weighted by molar-refractivity contribution is 0.0746. The zero-order valence-corrected chi connectivity index (χ0v) is 20.9. The highest BCUT2D eigenvalue weighted by atomic mass is 16.2. The predicted molar refractivity (Wildman–Crippen MR) is 139 cm³/mol. The van der Waals surface area contributed by atoms with Crippen LogP contribution in [0.2, 0.25) is 0 Å². The quantitative estimate of drug-likeness (QED) is 0.416. The molecule has 0 spiro atoms. The topological polar surface area (TPSA) is 67.2 Å². The van der Waals surface area contributed by atoms with Gasteiger partial charge in [0.1, 0.15) is 11.6 Å². The average molecular weight is 469 g/mol. The molecule has 0 bridgehead atoms. The van der Waals surface area contributed by atoms with Crippen LogP contribution in [0, 0.1) is 13.8 Å². The van der Waals surface area contributed by atoms with Crippen LogP contribution >= 0.6 is 0 Å². The molecule has 35 heavy (non-hydrogen) atoms. The number of benzene rings is 2. The Morgan fingerprint density at radius 2 is 1.63 bits per heavy atom. The van der Waals surface area contributed by atoms with Gasteiger partial charge in [0.2, 0.25) is 0 Å². The number of aryl methyl sites for hydroxylation is 2. The summed E-state index contributed by atoms with van der Waals surface area (Å²) in [6, 6.07) is 17.9. The zero-order valence-electron chi connectivity index (χ0n) is 20.9. The second-order valence-electron chi connectivity index (χ2n) is 9.39. The molecule has 1 aliphatic heterocycles. The van der Waals surface area contributed by atoms with Crippen molar-refractivity contribution < 1.29 is 4.79 Å². The Bertz CT molecular complexity index is 1340. The van der Waals surface area contributed by atoms with Gasteiger partial charge < -0.3 is 9.80 Å². The van der Waals surface area contributed by atoms with E-state index in [1.54, 1.807) is 0 Å². The third kappa shape index (κ3) is 4.38. The Morgan fingerprint density at radius 1 is 0.943 bits per heavy atom. The van der Waals surface area contributed by atoms with Crippen LogP contribution < -0.4 is 4.90 Å². The number of nitrogens with zero attached hydrogens (tertiary/aromatic N) is 6. The van der Waals surface area contributed by atoms with Crippen LogP contribution in [0.25, 0.3) is 16.7 Å². The number of fused-ring (bicyclic) bond motifs is 1. The average Bonchev–Trinajstić information content (AvgIpc) is 3.24. The second-order valence-corrected chi connectivity index (χ2v) is 9.39. The summed E-state index contributed by atoms with van der Waals surface area (Å²) >= 11 is 0. The summed E-state index contributed by atoms with van der Waals surface area (Å²) in [5, 5.41) is 5.86. The fraction of sp³-hybridized carbons (Fsp3) is 0.357. The number of hydrogen-bond acceptors (Lipinski definition) is 5. The van der Waals surface area contributed by atoms with Gasteiger partial charge in [0, 0.05) is 37.7 Å². The molecule has 2 aromatic carbocycles. The smallest absolute Gasteiger partial charge is 0.253 e. The molecular formula is C28H32N6O. The van der Waals surface area contributed by atoms with Crippen LogP contribution in [-0.4, -0.2) is 56.7 Å². The van der Waals surface area contributed by atoms with Gasteiger partial charge in [0.15, 0.2) is 5.65 Å². The van der Waals surface area contributed by atoms with Gasteiger partial charge >= 0.3 is 0 Å². The van der Waals surface area contributed by atoms with Crippen molar-refractivity contribution in [2.45, 2.75) is 40.0 Å². The van der Waals surface area contributed by atoms with Crippen molar-refractivity contribution in [2.75, 3.05) is 31.1 Å². The van der Waals surface area contributed by atoms with E-state index >= 15 is 0 Å². The van der Waals surface area contributed by atoms with Gasteiger partial charge in [-0.2, -0.15) is 5.10 Å². The van der Waals surface area contributed by atoms with Gasteiger partial charge in [0.05, 0.1) is 16.8 Å². The molecule has 1 atom stereocenters. The molecule has 3 heterocycles. The second kappa shape index (κ2) is 9.49. The van der Waals surface area contributed by atoms with Crippen molar-refractivity contribution in [2.24, 2.45) is 0 Å². The van der Waals surface area contributed by atoms with Gasteiger partial charge in [-0.3, -0.25) is 4.79 Å². The molecule has 7 nitrogen and oxygen atoms in total. The van der Waals surface area contributed by atoms with Crippen molar-refractivity contribution in [3.63, 3.8) is 0 Å². The molecule has 0 N–H and O–H groups in total. The number of rotatable bonds is 5. The number of aromatic nitrogens is 4. The molecule has 0 aliphatic carbocycles. The van der Waals surface area contributed by atoms with E-state index in [0.717, 1.165) is 59.1 Å². The standard InChI is InChI=1S/C28H32N6O/c1-5-20(3)25-29-26(32-15-17-33(18-16-32)28(35)22-9-7-6-8-10-22)24-21(4)31-34(27(24)30-25)23-13-11-19(2)12-14-23/h6-14,20H,5,15-18H2,1-4H3. The summed E-state index contributed by atoms with van der Waals surface area (Å²) in [6.07, 6.45) is 0.960. The molecule has 1 saturated heterocycles. The molecule has 1 amide bonds.